The third-order valence-electron chi connectivity index (χ3n) is 6.29. The summed E-state index contributed by atoms with van der Waals surface area (Å²) in [6.45, 7) is 1.18. The molecule has 0 saturated carbocycles. The van der Waals surface area contributed by atoms with Crippen molar-refractivity contribution < 1.29 is 36.6 Å². The molecule has 0 unspecified atom stereocenters. The zero-order valence-electron chi connectivity index (χ0n) is 17.9. The first-order chi connectivity index (χ1) is 16.1. The van der Waals surface area contributed by atoms with Crippen LogP contribution >= 0.6 is 0 Å². The predicted octanol–water partition coefficient (Wildman–Crippen LogP) is 3.44. The van der Waals surface area contributed by atoms with E-state index in [-0.39, 0.29) is 36.4 Å². The first-order valence-corrected chi connectivity index (χ1v) is 10.7. The normalized spacial score (nSPS) is 20.6. The maximum Gasteiger partial charge on any atom is 0.404 e. The number of carboxylic acid groups (broad SMARTS) is 1. The maximum absolute atomic E-state index is 14.0. The molecule has 2 bridgehead atoms. The Balaban J connectivity index is 1.39. The van der Waals surface area contributed by atoms with E-state index in [0.29, 0.717) is 43.8 Å². The van der Waals surface area contributed by atoms with Gasteiger partial charge in [-0.3, -0.25) is 9.69 Å². The van der Waals surface area contributed by atoms with E-state index in [2.05, 4.69) is 5.32 Å². The van der Waals surface area contributed by atoms with Crippen molar-refractivity contribution in [2.75, 3.05) is 13.1 Å². The average molecular weight is 483 g/mol. The summed E-state index contributed by atoms with van der Waals surface area (Å²) in [4.78, 5) is 27.8. The molecule has 4 rings (SSSR count). The van der Waals surface area contributed by atoms with Gasteiger partial charge in [-0.15, -0.1) is 0 Å². The quantitative estimate of drug-likeness (QED) is 0.468. The third kappa shape index (κ3) is 5.30. The van der Waals surface area contributed by atoms with Crippen LogP contribution in [-0.4, -0.2) is 58.1 Å². The smallest absolute Gasteiger partial charge is 0.404 e. The first kappa shape index (κ1) is 23.9. The molecule has 2 aliphatic rings. The highest BCUT2D eigenvalue weighted by Gasteiger charge is 2.45. The van der Waals surface area contributed by atoms with Gasteiger partial charge in [0.05, 0.1) is 0 Å². The van der Waals surface area contributed by atoms with Crippen molar-refractivity contribution in [2.45, 2.75) is 43.9 Å². The number of carbonyl (C=O) groups excluding carboxylic acids is 1. The Morgan fingerprint density at radius 2 is 1.62 bits per heavy atom. The third-order valence-corrected chi connectivity index (χ3v) is 6.29. The molecule has 2 heterocycles. The lowest BCUT2D eigenvalue weighted by molar-refractivity contribution is -0.134. The molecule has 182 valence electrons. The van der Waals surface area contributed by atoms with E-state index in [1.165, 1.54) is 12.1 Å². The minimum atomic E-state index is -1.43. The second kappa shape index (κ2) is 9.57. The fourth-order valence-electron chi connectivity index (χ4n) is 4.85. The highest BCUT2D eigenvalue weighted by Crippen LogP contribution is 2.33. The molecule has 0 aliphatic carbocycles. The molecule has 0 aromatic heterocycles. The number of hydrogen-bond acceptors (Lipinski definition) is 3. The minimum Gasteiger partial charge on any atom is -0.465 e. The van der Waals surface area contributed by atoms with E-state index in [1.807, 2.05) is 4.90 Å². The topological polar surface area (TPSA) is 72.9 Å². The lowest BCUT2D eigenvalue weighted by Crippen LogP contribution is -2.50. The largest absolute Gasteiger partial charge is 0.465 e. The van der Waals surface area contributed by atoms with Crippen molar-refractivity contribution in [3.8, 4) is 0 Å². The number of nitrogens with one attached hydrogen (secondary N) is 1. The highest BCUT2D eigenvalue weighted by atomic mass is 19.2. The Morgan fingerprint density at radius 1 is 0.941 bits per heavy atom. The van der Waals surface area contributed by atoms with E-state index in [9.17, 15) is 31.5 Å². The van der Waals surface area contributed by atoms with Gasteiger partial charge < -0.3 is 15.3 Å². The average Bonchev–Trinajstić information content (AvgIpc) is 3.31. The van der Waals surface area contributed by atoms with Crippen LogP contribution in [0.5, 0.6) is 0 Å². The molecular weight excluding hydrogens is 461 g/mol. The molecule has 2 saturated heterocycles. The SMILES string of the molecule is O=C(O)N[C@@H](CC(=O)N1C[C@@H]2C[C@H]1CN2Cc1cc(F)cc(F)c1)Cc1cc(F)c(F)cc1F. The van der Waals surface area contributed by atoms with Crippen LogP contribution < -0.4 is 5.32 Å². The molecule has 3 atom stereocenters. The van der Waals surface area contributed by atoms with E-state index in [4.69, 9.17) is 5.11 Å². The Bertz CT molecular complexity index is 1100. The molecule has 34 heavy (non-hydrogen) atoms. The minimum absolute atomic E-state index is 0.0187. The molecule has 0 radical (unpaired) electrons. The van der Waals surface area contributed by atoms with Crippen LogP contribution in [0.25, 0.3) is 0 Å². The van der Waals surface area contributed by atoms with Crippen molar-refractivity contribution in [2.24, 2.45) is 0 Å². The van der Waals surface area contributed by atoms with E-state index in [0.717, 1.165) is 6.07 Å². The van der Waals surface area contributed by atoms with Crippen LogP contribution in [0, 0.1) is 29.1 Å². The number of piperazine rings is 1. The second-order valence-corrected chi connectivity index (χ2v) is 8.71. The van der Waals surface area contributed by atoms with Crippen LogP contribution in [-0.2, 0) is 17.8 Å². The number of fused-ring (bicyclic) bond motifs is 2. The van der Waals surface area contributed by atoms with Gasteiger partial charge in [0.15, 0.2) is 11.6 Å². The Hall–Kier alpha value is -3.21. The van der Waals surface area contributed by atoms with Gasteiger partial charge in [-0.1, -0.05) is 0 Å². The fraction of sp³-hybridized carbons (Fsp3) is 0.391. The summed E-state index contributed by atoms with van der Waals surface area (Å²) in [6, 6.07) is 3.13. The van der Waals surface area contributed by atoms with Crippen molar-refractivity contribution in [1.29, 1.82) is 0 Å². The van der Waals surface area contributed by atoms with Gasteiger partial charge in [-0.2, -0.15) is 0 Å². The summed E-state index contributed by atoms with van der Waals surface area (Å²) in [5.74, 6) is -5.35. The fourth-order valence-corrected chi connectivity index (χ4v) is 4.85. The molecule has 2 N–H and O–H groups in total. The van der Waals surface area contributed by atoms with Crippen molar-refractivity contribution in [3.05, 3.63) is 70.5 Å². The lowest BCUT2D eigenvalue weighted by Gasteiger charge is -2.35. The van der Waals surface area contributed by atoms with E-state index in [1.54, 1.807) is 4.90 Å². The number of rotatable bonds is 7. The van der Waals surface area contributed by atoms with Gasteiger partial charge in [-0.05, 0) is 42.2 Å². The van der Waals surface area contributed by atoms with Gasteiger partial charge in [-0.25, -0.2) is 26.7 Å². The molecule has 2 aliphatic heterocycles. The second-order valence-electron chi connectivity index (χ2n) is 8.71. The molecule has 2 aromatic carbocycles. The molecular formula is C23H22F5N3O3. The van der Waals surface area contributed by atoms with E-state index >= 15 is 0 Å². The molecule has 11 heteroatoms. The lowest BCUT2D eigenvalue weighted by atomic mass is 10.0. The van der Waals surface area contributed by atoms with Crippen molar-refractivity contribution in [3.63, 3.8) is 0 Å². The number of benzene rings is 2. The van der Waals surface area contributed by atoms with Gasteiger partial charge in [0.2, 0.25) is 5.91 Å². The van der Waals surface area contributed by atoms with Gasteiger partial charge in [0, 0.05) is 56.3 Å². The van der Waals surface area contributed by atoms with Gasteiger partial charge in [0.1, 0.15) is 17.5 Å². The molecule has 0 spiro atoms. The maximum atomic E-state index is 14.0. The zero-order valence-corrected chi connectivity index (χ0v) is 17.9. The molecule has 2 amide bonds. The predicted molar refractivity (Wildman–Crippen MR) is 110 cm³/mol. The monoisotopic (exact) mass is 483 g/mol. The zero-order chi connectivity index (χ0) is 24.6. The molecule has 6 nitrogen and oxygen atoms in total. The Morgan fingerprint density at radius 3 is 2.24 bits per heavy atom. The summed E-state index contributed by atoms with van der Waals surface area (Å²) >= 11 is 0. The number of amides is 2. The van der Waals surface area contributed by atoms with Crippen LogP contribution in [0.1, 0.15) is 24.0 Å². The standard InChI is InChI=1S/C23H22F5N3O3/c24-14-1-12(2-15(25)5-14)9-30-10-18-7-17(30)11-31(18)22(32)6-16(29-23(33)34)3-13-4-20(27)21(28)8-19(13)26/h1-2,4-5,8,16-18,29H,3,6-7,9-11H2,(H,33,34)/t16-,17+,18+/m1/s1. The Kier molecular flexibility index (Phi) is 6.74. The van der Waals surface area contributed by atoms with Crippen LogP contribution in [0.3, 0.4) is 0 Å². The van der Waals surface area contributed by atoms with Crippen molar-refractivity contribution in [1.82, 2.24) is 15.1 Å². The highest BCUT2D eigenvalue weighted by molar-refractivity contribution is 5.78. The Labute approximate surface area is 192 Å². The molecule has 2 fully saturated rings. The molecule has 2 aromatic rings. The number of halogens is 5. The number of hydrogen-bond donors (Lipinski definition) is 2. The van der Waals surface area contributed by atoms with Crippen molar-refractivity contribution >= 4 is 12.0 Å². The number of carbonyl (C=O) groups is 2. The summed E-state index contributed by atoms with van der Waals surface area (Å²) in [5, 5.41) is 11.2. The van der Waals surface area contributed by atoms with Crippen LogP contribution in [0.2, 0.25) is 0 Å². The summed E-state index contributed by atoms with van der Waals surface area (Å²) in [6.07, 6.45) is -1.39. The summed E-state index contributed by atoms with van der Waals surface area (Å²) < 4.78 is 67.7. The summed E-state index contributed by atoms with van der Waals surface area (Å²) in [5.41, 5.74) is 0.240. The van der Waals surface area contributed by atoms with Gasteiger partial charge >= 0.3 is 6.09 Å². The number of nitrogens with zero attached hydrogens (tertiary/aromatic N) is 2. The van der Waals surface area contributed by atoms with E-state index < -0.39 is 41.2 Å². The first-order valence-electron chi connectivity index (χ1n) is 10.7. The van der Waals surface area contributed by atoms with Crippen LogP contribution in [0.15, 0.2) is 30.3 Å². The van der Waals surface area contributed by atoms with Gasteiger partial charge in [0.25, 0.3) is 0 Å². The summed E-state index contributed by atoms with van der Waals surface area (Å²) in [7, 11) is 0. The number of likely N-dealkylation sites (tertiary alicyclic amines) is 2. The van der Waals surface area contributed by atoms with Crippen LogP contribution in [0.4, 0.5) is 26.7 Å².